The monoisotopic (exact) mass is 206 g/mol. The molecule has 0 spiro atoms. The molecule has 0 heteroatoms. The molecule has 2 unspecified atom stereocenters. The summed E-state index contributed by atoms with van der Waals surface area (Å²) in [6, 6.07) is 10.6. The predicted octanol–water partition coefficient (Wildman–Crippen LogP) is 4.00. The maximum absolute atomic E-state index is 2.36. The van der Waals surface area contributed by atoms with Gasteiger partial charge in [0, 0.05) is 11.8 Å². The summed E-state index contributed by atoms with van der Waals surface area (Å²) in [5, 5.41) is 0. The Labute approximate surface area is 96.3 Å². The Kier molecular flexibility index (Phi) is 2.34. The fourth-order valence-corrected chi connectivity index (χ4v) is 2.31. The molecule has 0 radical (unpaired) electrons. The predicted molar refractivity (Wildman–Crippen MR) is 68.8 cm³/mol. The smallest absolute Gasteiger partial charge is 0.0205 e. The first-order valence-electron chi connectivity index (χ1n) is 5.74. The second-order valence-corrected chi connectivity index (χ2v) is 4.25. The van der Waals surface area contributed by atoms with Gasteiger partial charge < -0.3 is 0 Å². The van der Waals surface area contributed by atoms with E-state index < -0.39 is 0 Å². The van der Waals surface area contributed by atoms with Crippen molar-refractivity contribution in [2.24, 2.45) is 11.8 Å². The Bertz CT molecular complexity index is 486. The number of hydrogen-bond donors (Lipinski definition) is 0. The molecule has 0 heterocycles. The summed E-state index contributed by atoms with van der Waals surface area (Å²) >= 11 is 0. The minimum absolute atomic E-state index is 0.434. The van der Waals surface area contributed by atoms with Gasteiger partial charge in [-0.3, -0.25) is 0 Å². The van der Waals surface area contributed by atoms with Gasteiger partial charge in [-0.15, -0.1) is 0 Å². The van der Waals surface area contributed by atoms with Crippen molar-refractivity contribution in [1.82, 2.24) is 0 Å². The van der Waals surface area contributed by atoms with Crippen LogP contribution in [0.15, 0.2) is 72.9 Å². The van der Waals surface area contributed by atoms with Gasteiger partial charge in [0.1, 0.15) is 0 Å². The molecule has 4 rings (SSSR count). The van der Waals surface area contributed by atoms with Crippen molar-refractivity contribution in [3.05, 3.63) is 78.4 Å². The van der Waals surface area contributed by atoms with Gasteiger partial charge in [0.25, 0.3) is 0 Å². The van der Waals surface area contributed by atoms with E-state index in [1.165, 1.54) is 11.1 Å². The van der Waals surface area contributed by atoms with E-state index in [1.54, 1.807) is 0 Å². The molecule has 0 nitrogen and oxygen atoms in total. The molecule has 16 heavy (non-hydrogen) atoms. The first kappa shape index (κ1) is 9.41. The third-order valence-electron chi connectivity index (χ3n) is 3.14. The zero-order chi connectivity index (χ0) is 10.8. The minimum Gasteiger partial charge on any atom is -0.0769 e. The normalized spacial score (nSPS) is 30.4. The maximum Gasteiger partial charge on any atom is 0.0205 e. The standard InChI is InChI=1S/C16H14/c1-2-7-14(8-3-1)16-12-13-6-4-5-9-15(16)11-10-13/h1-13,15H/b6-4-,9-5-. The largest absolute Gasteiger partial charge is 0.0769 e. The Balaban J connectivity index is 2.07. The van der Waals surface area contributed by atoms with Crippen molar-refractivity contribution < 1.29 is 0 Å². The molecule has 0 amide bonds. The Morgan fingerprint density at radius 3 is 2.44 bits per heavy atom. The van der Waals surface area contributed by atoms with Crippen LogP contribution < -0.4 is 0 Å². The van der Waals surface area contributed by atoms with Crippen LogP contribution in [0, 0.1) is 11.8 Å². The Morgan fingerprint density at radius 2 is 1.56 bits per heavy atom. The van der Waals surface area contributed by atoms with Crippen LogP contribution in [0.3, 0.4) is 0 Å². The van der Waals surface area contributed by atoms with Gasteiger partial charge in [-0.2, -0.15) is 0 Å². The lowest BCUT2D eigenvalue weighted by atomic mass is 9.83. The quantitative estimate of drug-likeness (QED) is 0.609. The second kappa shape index (κ2) is 3.97. The van der Waals surface area contributed by atoms with Crippen molar-refractivity contribution in [1.29, 1.82) is 0 Å². The lowest BCUT2D eigenvalue weighted by Crippen LogP contribution is -2.06. The minimum atomic E-state index is 0.434. The van der Waals surface area contributed by atoms with E-state index in [1.807, 2.05) is 0 Å². The molecular weight excluding hydrogens is 192 g/mol. The van der Waals surface area contributed by atoms with Crippen molar-refractivity contribution in [2.75, 3.05) is 0 Å². The van der Waals surface area contributed by atoms with Gasteiger partial charge in [0.2, 0.25) is 0 Å². The molecule has 3 aliphatic carbocycles. The van der Waals surface area contributed by atoms with E-state index in [0.717, 1.165) is 0 Å². The molecule has 2 bridgehead atoms. The number of hydrogen-bond acceptors (Lipinski definition) is 0. The third-order valence-corrected chi connectivity index (χ3v) is 3.14. The maximum atomic E-state index is 2.36. The van der Waals surface area contributed by atoms with Crippen LogP contribution in [0.1, 0.15) is 5.56 Å². The van der Waals surface area contributed by atoms with E-state index in [-0.39, 0.29) is 0 Å². The topological polar surface area (TPSA) is 0 Å². The fraction of sp³-hybridized carbons (Fsp3) is 0.125. The highest BCUT2D eigenvalue weighted by molar-refractivity contribution is 5.72. The summed E-state index contributed by atoms with van der Waals surface area (Å²) in [7, 11) is 0. The van der Waals surface area contributed by atoms with Crippen LogP contribution in [-0.4, -0.2) is 0 Å². The van der Waals surface area contributed by atoms with Gasteiger partial charge in [-0.25, -0.2) is 0 Å². The summed E-state index contributed by atoms with van der Waals surface area (Å²) < 4.78 is 0. The summed E-state index contributed by atoms with van der Waals surface area (Å²) in [4.78, 5) is 0. The van der Waals surface area contributed by atoms with E-state index in [0.29, 0.717) is 11.8 Å². The van der Waals surface area contributed by atoms with Crippen LogP contribution in [0.5, 0.6) is 0 Å². The number of benzene rings is 1. The van der Waals surface area contributed by atoms with Crippen LogP contribution in [-0.2, 0) is 0 Å². The van der Waals surface area contributed by atoms with E-state index in [4.69, 9.17) is 0 Å². The van der Waals surface area contributed by atoms with E-state index >= 15 is 0 Å². The zero-order valence-electron chi connectivity index (χ0n) is 9.08. The highest BCUT2D eigenvalue weighted by Gasteiger charge is 2.16. The summed E-state index contributed by atoms with van der Waals surface area (Å²) in [6.45, 7) is 0. The lowest BCUT2D eigenvalue weighted by Gasteiger charge is -2.22. The van der Waals surface area contributed by atoms with Crippen LogP contribution in [0.2, 0.25) is 0 Å². The average Bonchev–Trinajstić information content (AvgIpc) is 2.30. The van der Waals surface area contributed by atoms with Crippen molar-refractivity contribution in [3.8, 4) is 0 Å². The molecule has 0 saturated heterocycles. The van der Waals surface area contributed by atoms with E-state index in [9.17, 15) is 0 Å². The molecule has 78 valence electrons. The molecule has 0 fully saturated rings. The number of rotatable bonds is 1. The van der Waals surface area contributed by atoms with Crippen LogP contribution in [0.4, 0.5) is 0 Å². The molecule has 0 aromatic heterocycles. The van der Waals surface area contributed by atoms with E-state index in [2.05, 4.69) is 72.9 Å². The summed E-state index contributed by atoms with van der Waals surface area (Å²) in [6.07, 6.45) is 15.7. The Morgan fingerprint density at radius 1 is 0.750 bits per heavy atom. The van der Waals surface area contributed by atoms with Gasteiger partial charge >= 0.3 is 0 Å². The molecule has 1 aromatic rings. The SMILES string of the molecule is C1=CC2/C=C\C=C/C1C=C2c1ccccc1. The molecule has 2 atom stereocenters. The van der Waals surface area contributed by atoms with Crippen molar-refractivity contribution in [2.45, 2.75) is 0 Å². The lowest BCUT2D eigenvalue weighted by molar-refractivity contribution is 0.948. The first-order chi connectivity index (χ1) is 7.93. The number of fused-ring (bicyclic) bond motifs is 1. The highest BCUT2D eigenvalue weighted by Crippen LogP contribution is 2.33. The van der Waals surface area contributed by atoms with Gasteiger partial charge in [-0.1, -0.05) is 72.9 Å². The third kappa shape index (κ3) is 1.67. The van der Waals surface area contributed by atoms with Crippen LogP contribution in [0.25, 0.3) is 5.57 Å². The summed E-state index contributed by atoms with van der Waals surface area (Å²) in [5.41, 5.74) is 2.76. The number of allylic oxidation sites excluding steroid dienone is 8. The highest BCUT2D eigenvalue weighted by atomic mass is 14.2. The summed E-state index contributed by atoms with van der Waals surface area (Å²) in [5.74, 6) is 0.889. The zero-order valence-corrected chi connectivity index (χ0v) is 9.08. The average molecular weight is 206 g/mol. The van der Waals surface area contributed by atoms with Crippen LogP contribution >= 0.6 is 0 Å². The molecule has 1 aromatic carbocycles. The molecule has 3 aliphatic rings. The molecule has 0 saturated carbocycles. The van der Waals surface area contributed by atoms with Gasteiger partial charge in [0.15, 0.2) is 0 Å². The fourth-order valence-electron chi connectivity index (χ4n) is 2.31. The first-order valence-corrected chi connectivity index (χ1v) is 5.74. The van der Waals surface area contributed by atoms with Gasteiger partial charge in [0.05, 0.1) is 0 Å². The second-order valence-electron chi connectivity index (χ2n) is 4.25. The van der Waals surface area contributed by atoms with Crippen molar-refractivity contribution in [3.63, 3.8) is 0 Å². The Hall–Kier alpha value is -1.82. The molecular formula is C16H14. The van der Waals surface area contributed by atoms with Crippen molar-refractivity contribution >= 4 is 5.57 Å². The van der Waals surface area contributed by atoms with Gasteiger partial charge in [-0.05, 0) is 11.1 Å². The molecule has 0 N–H and O–H groups in total. The molecule has 0 aliphatic heterocycles.